The molecule has 0 radical (unpaired) electrons. The van der Waals surface area contributed by atoms with Gasteiger partial charge >= 0.3 is 6.09 Å². The fourth-order valence-corrected chi connectivity index (χ4v) is 13.0. The Hall–Kier alpha value is -2.56. The number of nitrogens with one attached hydrogen (secondary N) is 1. The molecule has 1 amide bonds. The number of piperidine rings is 2. The molecule has 1 N–H and O–H groups in total. The molecule has 8 nitrogen and oxygen atoms in total. The minimum atomic E-state index is -4.18. The molecule has 2 aliphatic carbocycles. The van der Waals surface area contributed by atoms with Crippen LogP contribution in [0.2, 0.25) is 0 Å². The van der Waals surface area contributed by atoms with Crippen LogP contribution in [0.4, 0.5) is 31.1 Å². The number of rotatable bonds is 6. The summed E-state index contributed by atoms with van der Waals surface area (Å²) < 4.78 is 137. The van der Waals surface area contributed by atoms with Crippen LogP contribution in [0, 0.1) is 23.5 Å². The smallest absolute Gasteiger partial charge is 0.410 e. The molecule has 2 aliphatic heterocycles. The highest BCUT2D eigenvalue weighted by atomic mass is 35.5. The maximum absolute atomic E-state index is 13.9. The summed E-state index contributed by atoms with van der Waals surface area (Å²) in [5.74, 6) is -8.29. The second-order valence-corrected chi connectivity index (χ2v) is 19.8. The first-order chi connectivity index (χ1) is 23.5. The highest BCUT2D eigenvalue weighted by Gasteiger charge is 2.68. The second-order valence-electron chi connectivity index (χ2n) is 15.2. The Labute approximate surface area is 307 Å². The summed E-state index contributed by atoms with van der Waals surface area (Å²) in [5.41, 5.74) is -0.661. The zero-order valence-corrected chi connectivity index (χ0v) is 31.6. The lowest BCUT2D eigenvalue weighted by Crippen LogP contribution is -2.62. The largest absolute Gasteiger partial charge is 0.444 e. The summed E-state index contributed by atoms with van der Waals surface area (Å²) in [6.07, 6.45) is -1.76. The van der Waals surface area contributed by atoms with Gasteiger partial charge in [-0.15, -0.1) is 12.4 Å². The molecule has 2 aromatic rings. The van der Waals surface area contributed by atoms with Gasteiger partial charge in [-0.3, -0.25) is 0 Å². The first-order valence-corrected chi connectivity index (χ1v) is 19.9. The van der Waals surface area contributed by atoms with Crippen molar-refractivity contribution in [3.8, 4) is 0 Å². The Morgan fingerprint density at radius 1 is 0.731 bits per heavy atom. The number of hydrogen-bond acceptors (Lipinski definition) is 7. The molecule has 17 heteroatoms. The van der Waals surface area contributed by atoms with Crippen LogP contribution >= 0.6 is 12.4 Å². The van der Waals surface area contributed by atoms with E-state index >= 15 is 0 Å². The van der Waals surface area contributed by atoms with Gasteiger partial charge in [-0.1, -0.05) is 12.1 Å². The van der Waals surface area contributed by atoms with E-state index in [2.05, 4.69) is 5.32 Å². The number of nitrogens with zero attached hydrogens (tertiary/aromatic N) is 1. The summed E-state index contributed by atoms with van der Waals surface area (Å²) in [7, 11) is -8.18. The number of benzene rings is 2. The van der Waals surface area contributed by atoms with Gasteiger partial charge in [0, 0.05) is 38.8 Å². The Morgan fingerprint density at radius 2 is 1.12 bits per heavy atom. The highest BCUT2D eigenvalue weighted by Crippen LogP contribution is 2.59. The predicted octanol–water partition coefficient (Wildman–Crippen LogP) is 7.60. The van der Waals surface area contributed by atoms with E-state index < -0.39 is 95.9 Å². The normalized spacial score (nSPS) is 22.8. The number of likely N-dealkylation sites (tertiary alicyclic amines) is 1. The molecule has 0 aromatic heterocycles. The van der Waals surface area contributed by atoms with Crippen LogP contribution < -0.4 is 5.32 Å². The molecule has 2 heterocycles. The van der Waals surface area contributed by atoms with Crippen molar-refractivity contribution in [3.63, 3.8) is 0 Å². The SMILES string of the molecule is CC(C)(C)OC(=O)N1CCC(C2(S(=O)(=O)c3cccc(F)c3)CC(F)(F)C2)CC1.Cl.O=S(=O)(c1cccc(F)c1)C1(C2CCNCC2)CC(F)(F)C1. The minimum Gasteiger partial charge on any atom is -0.444 e. The summed E-state index contributed by atoms with van der Waals surface area (Å²) >= 11 is 0. The predicted molar refractivity (Wildman–Crippen MR) is 184 cm³/mol. The van der Waals surface area contributed by atoms with Crippen molar-refractivity contribution >= 4 is 38.2 Å². The number of carbonyl (C=O) groups excluding carboxylic acids is 1. The first-order valence-electron chi connectivity index (χ1n) is 17.0. The third-order valence-corrected chi connectivity index (χ3v) is 15.6. The molecule has 6 rings (SSSR count). The molecule has 2 aromatic carbocycles. The highest BCUT2D eigenvalue weighted by molar-refractivity contribution is 7.93. The van der Waals surface area contributed by atoms with E-state index in [0.717, 1.165) is 24.3 Å². The van der Waals surface area contributed by atoms with E-state index in [1.807, 2.05) is 0 Å². The third kappa shape index (κ3) is 8.39. The molecule has 4 fully saturated rings. The molecule has 2 saturated carbocycles. The van der Waals surface area contributed by atoms with Gasteiger partial charge in [0.1, 0.15) is 17.2 Å². The minimum absolute atomic E-state index is 0. The Morgan fingerprint density at radius 3 is 1.46 bits per heavy atom. The number of ether oxygens (including phenoxy) is 1. The number of hydrogen-bond donors (Lipinski definition) is 1. The van der Waals surface area contributed by atoms with Crippen molar-refractivity contribution in [3.05, 3.63) is 60.2 Å². The number of amides is 1. The van der Waals surface area contributed by atoms with E-state index in [1.54, 1.807) is 20.8 Å². The van der Waals surface area contributed by atoms with E-state index in [4.69, 9.17) is 4.74 Å². The molecule has 2 saturated heterocycles. The molecule has 0 spiro atoms. The standard InChI is InChI=1S/C20H26F3NO4S.C15H18F3NO2S.ClH/c1-18(2,3)28-17(25)24-9-7-14(8-10-24)19(12-20(22,23)13-19)29(26,27)16-6-4-5-15(21)11-16;16-12-2-1-3-13(8-12)22(20,21)14(9-15(17,18)10-14)11-4-6-19-7-5-11;/h4-6,11,14H,7-10,12-13H2,1-3H3;1-3,8,11,19H,4-7,9-10H2;1H. The number of alkyl halides is 4. The maximum atomic E-state index is 13.9. The summed E-state index contributed by atoms with van der Waals surface area (Å²) in [6.45, 7) is 6.93. The molecule has 4 aliphatic rings. The van der Waals surface area contributed by atoms with Gasteiger partial charge in [0.05, 0.1) is 19.3 Å². The van der Waals surface area contributed by atoms with Crippen molar-refractivity contribution in [1.29, 1.82) is 0 Å². The second kappa shape index (κ2) is 14.9. The van der Waals surface area contributed by atoms with Gasteiger partial charge in [0.2, 0.25) is 0 Å². The van der Waals surface area contributed by atoms with Crippen LogP contribution in [0.5, 0.6) is 0 Å². The van der Waals surface area contributed by atoms with Crippen molar-refractivity contribution in [2.45, 2.75) is 109 Å². The van der Waals surface area contributed by atoms with Gasteiger partial charge in [0.15, 0.2) is 19.7 Å². The molecule has 292 valence electrons. The van der Waals surface area contributed by atoms with Crippen molar-refractivity contribution < 1.29 is 52.7 Å². The molecular formula is C35H45ClF6N2O6S2. The average Bonchev–Trinajstić information content (AvgIpc) is 3.02. The quantitative estimate of drug-likeness (QED) is 0.300. The Kier molecular flexibility index (Phi) is 12.1. The fourth-order valence-electron chi connectivity index (χ4n) is 8.04. The monoisotopic (exact) mass is 802 g/mol. The number of halogens is 7. The van der Waals surface area contributed by atoms with Crippen LogP contribution in [0.25, 0.3) is 0 Å². The van der Waals surface area contributed by atoms with E-state index in [1.165, 1.54) is 29.2 Å². The third-order valence-electron chi connectivity index (χ3n) is 10.5. The molecule has 52 heavy (non-hydrogen) atoms. The zero-order chi connectivity index (χ0) is 37.7. The number of sulfone groups is 2. The Balaban J connectivity index is 0.000000236. The van der Waals surface area contributed by atoms with E-state index in [0.29, 0.717) is 25.9 Å². The van der Waals surface area contributed by atoms with Gasteiger partial charge in [-0.2, -0.15) is 0 Å². The average molecular weight is 803 g/mol. The van der Waals surface area contributed by atoms with Crippen LogP contribution in [0.1, 0.15) is 72.1 Å². The molecule has 0 bridgehead atoms. The zero-order valence-electron chi connectivity index (χ0n) is 29.1. The van der Waals surface area contributed by atoms with Gasteiger partial charge in [0.25, 0.3) is 11.8 Å². The van der Waals surface area contributed by atoms with Crippen LogP contribution in [0.15, 0.2) is 58.3 Å². The summed E-state index contributed by atoms with van der Waals surface area (Å²) in [5, 5.41) is 3.11. The van der Waals surface area contributed by atoms with Gasteiger partial charge in [-0.05, 0) is 108 Å². The summed E-state index contributed by atoms with van der Waals surface area (Å²) in [6, 6.07) is 9.15. The Bertz CT molecular complexity index is 1810. The lowest BCUT2D eigenvalue weighted by molar-refractivity contribution is -0.117. The topological polar surface area (TPSA) is 110 Å². The maximum Gasteiger partial charge on any atom is 0.410 e. The van der Waals surface area contributed by atoms with E-state index in [-0.39, 0.29) is 54.0 Å². The van der Waals surface area contributed by atoms with Gasteiger partial charge < -0.3 is 15.0 Å². The van der Waals surface area contributed by atoms with Crippen molar-refractivity contribution in [2.24, 2.45) is 11.8 Å². The lowest BCUT2D eigenvalue weighted by atomic mass is 9.68. The first kappa shape index (κ1) is 42.2. The van der Waals surface area contributed by atoms with Crippen LogP contribution in [-0.4, -0.2) is 80.9 Å². The van der Waals surface area contributed by atoms with Crippen molar-refractivity contribution in [1.82, 2.24) is 10.2 Å². The summed E-state index contributed by atoms with van der Waals surface area (Å²) in [4.78, 5) is 13.2. The van der Waals surface area contributed by atoms with Crippen molar-refractivity contribution in [2.75, 3.05) is 26.2 Å². The van der Waals surface area contributed by atoms with E-state index in [9.17, 15) is 48.0 Å². The number of carbonyl (C=O) groups is 1. The molecule has 0 unspecified atom stereocenters. The molecule has 0 atom stereocenters. The lowest BCUT2D eigenvalue weighted by Gasteiger charge is -2.52. The fraction of sp³-hybridized carbons (Fsp3) is 0.629. The van der Waals surface area contributed by atoms with Crippen LogP contribution in [0.3, 0.4) is 0 Å². The molecular weight excluding hydrogens is 758 g/mol. The van der Waals surface area contributed by atoms with Gasteiger partial charge in [-0.25, -0.2) is 48.0 Å². The van der Waals surface area contributed by atoms with Crippen LogP contribution in [-0.2, 0) is 24.4 Å².